The van der Waals surface area contributed by atoms with Crippen molar-refractivity contribution < 1.29 is 21.1 Å². The minimum Gasteiger partial charge on any atom is -0.449 e. The van der Waals surface area contributed by atoms with E-state index in [2.05, 4.69) is 6.07 Å². The van der Waals surface area contributed by atoms with Gasteiger partial charge in [-0.25, -0.2) is 0 Å². The Morgan fingerprint density at radius 3 is 2.40 bits per heavy atom. The largest absolute Gasteiger partial charge is 2.00 e. The number of benzene rings is 1. The summed E-state index contributed by atoms with van der Waals surface area (Å²) in [6, 6.07) is 6.85. The van der Waals surface area contributed by atoms with Gasteiger partial charge in [-0.15, -0.1) is 5.56 Å². The second-order valence-electron chi connectivity index (χ2n) is 2.25. The van der Waals surface area contributed by atoms with Gasteiger partial charge in [0.1, 0.15) is 0 Å². The Kier molecular flexibility index (Phi) is 3.66. The third-order valence-corrected chi connectivity index (χ3v) is 1.34. The molecule has 2 heteroatoms. The molecule has 0 radical (unpaired) electrons. The molecule has 10 heavy (non-hydrogen) atoms. The van der Waals surface area contributed by atoms with Gasteiger partial charge < -0.3 is 5.73 Å². The van der Waals surface area contributed by atoms with Crippen LogP contribution in [0.15, 0.2) is 12.1 Å². The third-order valence-electron chi connectivity index (χ3n) is 1.34. The summed E-state index contributed by atoms with van der Waals surface area (Å²) in [6.07, 6.45) is 0. The van der Waals surface area contributed by atoms with Gasteiger partial charge in [0.15, 0.2) is 0 Å². The summed E-state index contributed by atoms with van der Waals surface area (Å²) in [5, 5.41) is 0. The Morgan fingerprint density at radius 1 is 1.40 bits per heavy atom. The second kappa shape index (κ2) is 3.77. The number of nitrogens with two attached hydrogens (primary N) is 1. The molecule has 1 aromatic rings. The number of anilines is 1. The minimum atomic E-state index is 0. The van der Waals surface area contributed by atoms with E-state index in [-0.39, 0.29) is 21.1 Å². The average molecular weight is 304 g/mol. The van der Waals surface area contributed by atoms with Crippen LogP contribution in [0, 0.1) is 19.9 Å². The normalized spacial score (nSPS) is 8.60. The van der Waals surface area contributed by atoms with Gasteiger partial charge in [0.25, 0.3) is 0 Å². The first kappa shape index (κ1) is 9.71. The van der Waals surface area contributed by atoms with Gasteiger partial charge in [0, 0.05) is 0 Å². The molecule has 0 aliphatic carbocycles. The van der Waals surface area contributed by atoms with Crippen molar-refractivity contribution in [2.75, 3.05) is 5.73 Å². The molecule has 1 rings (SSSR count). The summed E-state index contributed by atoms with van der Waals surface area (Å²) in [7, 11) is 0. The van der Waals surface area contributed by atoms with Crippen LogP contribution in [0.3, 0.4) is 0 Å². The molecule has 0 atom stereocenters. The van der Waals surface area contributed by atoms with Crippen LogP contribution in [0.5, 0.6) is 0 Å². The number of hydrogen-bond donors (Lipinski definition) is 1. The fourth-order valence-corrected chi connectivity index (χ4v) is 0.755. The monoisotopic (exact) mass is 304 g/mol. The van der Waals surface area contributed by atoms with Crippen molar-refractivity contribution in [3.05, 3.63) is 29.3 Å². The molecule has 0 spiro atoms. The molecule has 0 amide bonds. The maximum absolute atomic E-state index is 5.56. The van der Waals surface area contributed by atoms with Gasteiger partial charge in [0.05, 0.1) is 0 Å². The van der Waals surface area contributed by atoms with Gasteiger partial charge in [-0.3, -0.25) is 0 Å². The average Bonchev–Trinajstić information content (AvgIpc) is 1.80. The van der Waals surface area contributed by atoms with Crippen molar-refractivity contribution in [3.63, 3.8) is 0 Å². The number of nitrogen functional groups attached to an aromatic ring is 1. The topological polar surface area (TPSA) is 26.0 Å². The van der Waals surface area contributed by atoms with Crippen LogP contribution in [-0.4, -0.2) is 0 Å². The predicted molar refractivity (Wildman–Crippen MR) is 39.2 cm³/mol. The summed E-state index contributed by atoms with van der Waals surface area (Å²) in [6.45, 7) is 4.00. The first-order chi connectivity index (χ1) is 4.20. The Bertz CT molecular complexity index is 220. The standard InChI is InChI=1S/C8H10N.W/c1-6-3-4-8(9)7(2)5-6;/h4-5H,9H2,1-2H3;/q-1;+2. The summed E-state index contributed by atoms with van der Waals surface area (Å²) in [5.74, 6) is 0. The maximum Gasteiger partial charge on any atom is 2.00 e. The minimum absolute atomic E-state index is 0. The van der Waals surface area contributed by atoms with Gasteiger partial charge in [-0.2, -0.15) is 23.8 Å². The molecule has 1 aromatic carbocycles. The van der Waals surface area contributed by atoms with E-state index in [9.17, 15) is 0 Å². The first-order valence-corrected chi connectivity index (χ1v) is 2.94. The molecule has 0 saturated carbocycles. The third kappa shape index (κ3) is 2.15. The van der Waals surface area contributed by atoms with E-state index in [0.29, 0.717) is 0 Å². The Balaban J connectivity index is 0.000000810. The predicted octanol–water partition coefficient (Wildman–Crippen LogP) is 1.68. The molecule has 0 bridgehead atoms. The van der Waals surface area contributed by atoms with Crippen molar-refractivity contribution in [2.24, 2.45) is 0 Å². The molecule has 0 fully saturated rings. The van der Waals surface area contributed by atoms with Gasteiger partial charge in [0.2, 0.25) is 0 Å². The maximum atomic E-state index is 5.56. The molecule has 0 saturated heterocycles. The Hall–Kier alpha value is -0.292. The van der Waals surface area contributed by atoms with Crippen LogP contribution >= 0.6 is 0 Å². The first-order valence-electron chi connectivity index (χ1n) is 2.94. The molecule has 52 valence electrons. The summed E-state index contributed by atoms with van der Waals surface area (Å²) >= 11 is 0. The van der Waals surface area contributed by atoms with E-state index in [1.54, 1.807) is 0 Å². The summed E-state index contributed by atoms with van der Waals surface area (Å²) in [4.78, 5) is 0. The second-order valence-corrected chi connectivity index (χ2v) is 2.25. The molecule has 1 nitrogen and oxygen atoms in total. The van der Waals surface area contributed by atoms with Crippen LogP contribution in [0.2, 0.25) is 0 Å². The van der Waals surface area contributed by atoms with Crippen molar-refractivity contribution in [3.8, 4) is 0 Å². The fraction of sp³-hybridized carbons (Fsp3) is 0.250. The Labute approximate surface area is 75.9 Å². The molecule has 0 aliphatic rings. The summed E-state index contributed by atoms with van der Waals surface area (Å²) in [5.41, 5.74) is 8.65. The van der Waals surface area contributed by atoms with Crippen molar-refractivity contribution >= 4 is 5.69 Å². The SMILES string of the molecule is Cc1[c-]cc(N)c(C)c1.[W+2]. The molecule has 2 N–H and O–H groups in total. The molecular weight excluding hydrogens is 294 g/mol. The molecule has 0 heterocycles. The van der Waals surface area contributed by atoms with Gasteiger partial charge in [-0.05, 0) is 0 Å². The van der Waals surface area contributed by atoms with E-state index >= 15 is 0 Å². The van der Waals surface area contributed by atoms with E-state index in [1.165, 1.54) is 0 Å². The van der Waals surface area contributed by atoms with Gasteiger partial charge in [-0.1, -0.05) is 19.5 Å². The zero-order valence-electron chi connectivity index (χ0n) is 6.14. The quantitative estimate of drug-likeness (QED) is 0.573. The van der Waals surface area contributed by atoms with Crippen molar-refractivity contribution in [1.82, 2.24) is 0 Å². The zero-order valence-corrected chi connectivity index (χ0v) is 9.07. The fourth-order valence-electron chi connectivity index (χ4n) is 0.755. The van der Waals surface area contributed by atoms with E-state index in [1.807, 2.05) is 26.0 Å². The smallest absolute Gasteiger partial charge is 0.449 e. The summed E-state index contributed by atoms with van der Waals surface area (Å²) < 4.78 is 0. The molecule has 0 aromatic heterocycles. The van der Waals surface area contributed by atoms with Crippen molar-refractivity contribution in [1.29, 1.82) is 0 Å². The van der Waals surface area contributed by atoms with E-state index in [4.69, 9.17) is 5.73 Å². The van der Waals surface area contributed by atoms with Crippen LogP contribution < -0.4 is 5.73 Å². The molecule has 0 aliphatic heterocycles. The van der Waals surface area contributed by atoms with Crippen LogP contribution in [0.25, 0.3) is 0 Å². The van der Waals surface area contributed by atoms with Crippen LogP contribution in [-0.2, 0) is 21.1 Å². The molecular formula is C8H10NW+. The number of hydrogen-bond acceptors (Lipinski definition) is 1. The molecule has 0 unspecified atom stereocenters. The van der Waals surface area contributed by atoms with E-state index in [0.717, 1.165) is 16.8 Å². The van der Waals surface area contributed by atoms with Crippen LogP contribution in [0.1, 0.15) is 11.1 Å². The Morgan fingerprint density at radius 2 is 2.00 bits per heavy atom. The number of rotatable bonds is 0. The zero-order chi connectivity index (χ0) is 6.85. The van der Waals surface area contributed by atoms with Crippen molar-refractivity contribution in [2.45, 2.75) is 13.8 Å². The van der Waals surface area contributed by atoms with Gasteiger partial charge >= 0.3 is 21.1 Å². The van der Waals surface area contributed by atoms with E-state index < -0.39 is 0 Å². The number of aryl methyl sites for hydroxylation is 2. The van der Waals surface area contributed by atoms with Crippen LogP contribution in [0.4, 0.5) is 5.69 Å².